The SMILES string of the molecule is COCC(C)Nc1ccc(F)cc1OC. The molecule has 1 N–H and O–H groups in total. The topological polar surface area (TPSA) is 30.5 Å². The summed E-state index contributed by atoms with van der Waals surface area (Å²) in [5.74, 6) is 0.190. The average molecular weight is 213 g/mol. The molecule has 1 aromatic rings. The summed E-state index contributed by atoms with van der Waals surface area (Å²) >= 11 is 0. The normalized spacial score (nSPS) is 12.3. The lowest BCUT2D eigenvalue weighted by Crippen LogP contribution is -2.21. The number of ether oxygens (including phenoxy) is 2. The van der Waals surface area contributed by atoms with Crippen molar-refractivity contribution < 1.29 is 13.9 Å². The third-order valence-electron chi connectivity index (χ3n) is 1.98. The van der Waals surface area contributed by atoms with E-state index in [0.29, 0.717) is 12.4 Å². The van der Waals surface area contributed by atoms with Gasteiger partial charge in [-0.1, -0.05) is 0 Å². The van der Waals surface area contributed by atoms with Crippen LogP contribution in [0.5, 0.6) is 5.75 Å². The number of nitrogens with one attached hydrogen (secondary N) is 1. The Hall–Kier alpha value is -1.29. The molecule has 0 heterocycles. The molecule has 0 aromatic heterocycles. The Kier molecular flexibility index (Phi) is 4.37. The molecule has 1 rings (SSSR count). The van der Waals surface area contributed by atoms with Crippen molar-refractivity contribution in [1.29, 1.82) is 0 Å². The third-order valence-corrected chi connectivity index (χ3v) is 1.98. The molecule has 0 saturated heterocycles. The molecule has 1 atom stereocenters. The zero-order valence-corrected chi connectivity index (χ0v) is 9.21. The lowest BCUT2D eigenvalue weighted by atomic mass is 10.2. The van der Waals surface area contributed by atoms with Crippen molar-refractivity contribution in [3.05, 3.63) is 24.0 Å². The van der Waals surface area contributed by atoms with Crippen molar-refractivity contribution in [2.75, 3.05) is 26.1 Å². The molecule has 1 unspecified atom stereocenters. The Balaban J connectivity index is 2.75. The predicted molar refractivity (Wildman–Crippen MR) is 57.9 cm³/mol. The highest BCUT2D eigenvalue weighted by Gasteiger charge is 2.07. The fourth-order valence-electron chi connectivity index (χ4n) is 1.34. The van der Waals surface area contributed by atoms with Crippen LogP contribution in [-0.4, -0.2) is 26.9 Å². The van der Waals surface area contributed by atoms with Crippen LogP contribution in [0.4, 0.5) is 10.1 Å². The molecule has 0 fully saturated rings. The Morgan fingerprint density at radius 2 is 2.13 bits per heavy atom. The number of hydrogen-bond acceptors (Lipinski definition) is 3. The molecular formula is C11H16FNO2. The highest BCUT2D eigenvalue weighted by Crippen LogP contribution is 2.25. The van der Waals surface area contributed by atoms with Gasteiger partial charge in [-0.15, -0.1) is 0 Å². The molecule has 15 heavy (non-hydrogen) atoms. The Morgan fingerprint density at radius 3 is 2.73 bits per heavy atom. The zero-order valence-electron chi connectivity index (χ0n) is 9.21. The van der Waals surface area contributed by atoms with E-state index in [-0.39, 0.29) is 11.9 Å². The summed E-state index contributed by atoms with van der Waals surface area (Å²) in [6, 6.07) is 4.54. The van der Waals surface area contributed by atoms with E-state index in [0.717, 1.165) is 5.69 Å². The molecule has 0 bridgehead atoms. The van der Waals surface area contributed by atoms with Crippen LogP contribution < -0.4 is 10.1 Å². The van der Waals surface area contributed by atoms with Gasteiger partial charge < -0.3 is 14.8 Å². The molecule has 3 nitrogen and oxygen atoms in total. The first-order chi connectivity index (χ1) is 7.17. The van der Waals surface area contributed by atoms with Gasteiger partial charge in [0.2, 0.25) is 0 Å². The fourth-order valence-corrected chi connectivity index (χ4v) is 1.34. The van der Waals surface area contributed by atoms with Crippen molar-refractivity contribution in [1.82, 2.24) is 0 Å². The van der Waals surface area contributed by atoms with Gasteiger partial charge in [-0.25, -0.2) is 4.39 Å². The van der Waals surface area contributed by atoms with Crippen LogP contribution >= 0.6 is 0 Å². The minimum atomic E-state index is -0.309. The molecular weight excluding hydrogens is 197 g/mol. The van der Waals surface area contributed by atoms with Crippen molar-refractivity contribution >= 4 is 5.69 Å². The highest BCUT2D eigenvalue weighted by molar-refractivity contribution is 5.56. The second-order valence-electron chi connectivity index (χ2n) is 3.35. The molecule has 0 radical (unpaired) electrons. The predicted octanol–water partition coefficient (Wildman–Crippen LogP) is 2.28. The summed E-state index contributed by atoms with van der Waals surface area (Å²) in [7, 11) is 3.15. The van der Waals surface area contributed by atoms with E-state index in [9.17, 15) is 4.39 Å². The summed E-state index contributed by atoms with van der Waals surface area (Å²) in [4.78, 5) is 0. The number of anilines is 1. The summed E-state index contributed by atoms with van der Waals surface area (Å²) in [5, 5.41) is 3.17. The van der Waals surface area contributed by atoms with Crippen molar-refractivity contribution in [2.24, 2.45) is 0 Å². The quantitative estimate of drug-likeness (QED) is 0.814. The average Bonchev–Trinajstić information content (AvgIpc) is 2.21. The van der Waals surface area contributed by atoms with E-state index in [1.54, 1.807) is 13.2 Å². The Labute approximate surface area is 89.2 Å². The van der Waals surface area contributed by atoms with E-state index in [1.165, 1.54) is 19.2 Å². The van der Waals surface area contributed by atoms with Crippen molar-refractivity contribution in [3.8, 4) is 5.75 Å². The first-order valence-electron chi connectivity index (χ1n) is 4.76. The second kappa shape index (κ2) is 5.56. The van der Waals surface area contributed by atoms with E-state index in [1.807, 2.05) is 6.92 Å². The minimum absolute atomic E-state index is 0.148. The second-order valence-corrected chi connectivity index (χ2v) is 3.35. The van der Waals surface area contributed by atoms with E-state index in [4.69, 9.17) is 9.47 Å². The van der Waals surface area contributed by atoms with E-state index >= 15 is 0 Å². The van der Waals surface area contributed by atoms with Crippen LogP contribution in [0.15, 0.2) is 18.2 Å². The van der Waals surface area contributed by atoms with Crippen molar-refractivity contribution in [2.45, 2.75) is 13.0 Å². The van der Waals surface area contributed by atoms with Crippen LogP contribution in [0.1, 0.15) is 6.92 Å². The van der Waals surface area contributed by atoms with E-state index in [2.05, 4.69) is 5.32 Å². The summed E-state index contributed by atoms with van der Waals surface area (Å²) in [5.41, 5.74) is 0.767. The van der Waals surface area contributed by atoms with Gasteiger partial charge in [0.25, 0.3) is 0 Å². The lowest BCUT2D eigenvalue weighted by molar-refractivity contribution is 0.190. The highest BCUT2D eigenvalue weighted by atomic mass is 19.1. The standard InChI is InChI=1S/C11H16FNO2/c1-8(7-14-2)13-10-5-4-9(12)6-11(10)15-3/h4-6,8,13H,7H2,1-3H3. The number of hydrogen-bond donors (Lipinski definition) is 1. The summed E-state index contributed by atoms with van der Waals surface area (Å²) < 4.78 is 22.9. The molecule has 4 heteroatoms. The maximum Gasteiger partial charge on any atom is 0.144 e. The zero-order chi connectivity index (χ0) is 11.3. The van der Waals surface area contributed by atoms with E-state index < -0.39 is 0 Å². The van der Waals surface area contributed by atoms with Gasteiger partial charge in [-0.2, -0.15) is 0 Å². The smallest absolute Gasteiger partial charge is 0.144 e. The van der Waals surface area contributed by atoms with Crippen LogP contribution in [-0.2, 0) is 4.74 Å². The van der Waals surface area contributed by atoms with Gasteiger partial charge in [0.1, 0.15) is 11.6 Å². The first-order valence-corrected chi connectivity index (χ1v) is 4.76. The Morgan fingerprint density at radius 1 is 1.40 bits per heavy atom. The number of methoxy groups -OCH3 is 2. The molecule has 84 valence electrons. The molecule has 0 aliphatic carbocycles. The maximum absolute atomic E-state index is 12.9. The summed E-state index contributed by atoms with van der Waals surface area (Å²) in [6.07, 6.45) is 0. The van der Waals surface area contributed by atoms with Crippen LogP contribution in [0.3, 0.4) is 0 Å². The molecule has 0 amide bonds. The number of rotatable bonds is 5. The van der Waals surface area contributed by atoms with Gasteiger partial charge >= 0.3 is 0 Å². The molecule has 0 aliphatic rings. The maximum atomic E-state index is 12.9. The molecule has 1 aromatic carbocycles. The first kappa shape index (κ1) is 11.8. The minimum Gasteiger partial charge on any atom is -0.494 e. The fraction of sp³-hybridized carbons (Fsp3) is 0.455. The molecule has 0 saturated carbocycles. The van der Waals surface area contributed by atoms with Crippen LogP contribution in [0.25, 0.3) is 0 Å². The summed E-state index contributed by atoms with van der Waals surface area (Å²) in [6.45, 7) is 2.56. The third kappa shape index (κ3) is 3.40. The van der Waals surface area contributed by atoms with Gasteiger partial charge in [0, 0.05) is 19.2 Å². The van der Waals surface area contributed by atoms with Crippen molar-refractivity contribution in [3.63, 3.8) is 0 Å². The molecule has 0 aliphatic heterocycles. The number of benzene rings is 1. The van der Waals surface area contributed by atoms with Crippen LogP contribution in [0, 0.1) is 5.82 Å². The van der Waals surface area contributed by atoms with Gasteiger partial charge in [0.15, 0.2) is 0 Å². The number of halogens is 1. The lowest BCUT2D eigenvalue weighted by Gasteiger charge is -2.16. The van der Waals surface area contributed by atoms with Gasteiger partial charge in [0.05, 0.1) is 19.4 Å². The largest absolute Gasteiger partial charge is 0.494 e. The van der Waals surface area contributed by atoms with Gasteiger partial charge in [-0.05, 0) is 19.1 Å². The molecule has 0 spiro atoms. The monoisotopic (exact) mass is 213 g/mol. The Bertz CT molecular complexity index is 317. The van der Waals surface area contributed by atoms with Gasteiger partial charge in [-0.3, -0.25) is 0 Å². The van der Waals surface area contributed by atoms with Crippen LogP contribution in [0.2, 0.25) is 0 Å².